The monoisotopic (exact) mass is 607 g/mol. The summed E-state index contributed by atoms with van der Waals surface area (Å²) < 4.78 is 5.39. The Balaban J connectivity index is 0.000000843. The quantitative estimate of drug-likeness (QED) is 0.226. The highest BCUT2D eigenvalue weighted by molar-refractivity contribution is 5.85. The Morgan fingerprint density at radius 1 is 1.02 bits per heavy atom. The molecule has 2 aromatic heterocycles. The van der Waals surface area contributed by atoms with Crippen LogP contribution in [0.3, 0.4) is 0 Å². The molecule has 12 nitrogen and oxygen atoms in total. The van der Waals surface area contributed by atoms with E-state index in [9.17, 15) is 19.5 Å². The van der Waals surface area contributed by atoms with Gasteiger partial charge in [0.2, 0.25) is 12.4 Å². The zero-order valence-electron chi connectivity index (χ0n) is 26.6. The lowest BCUT2D eigenvalue weighted by Gasteiger charge is -2.25. The van der Waals surface area contributed by atoms with E-state index in [4.69, 9.17) is 4.74 Å². The van der Waals surface area contributed by atoms with Gasteiger partial charge in [0.05, 0.1) is 6.20 Å². The van der Waals surface area contributed by atoms with E-state index in [1.54, 1.807) is 44.4 Å². The first-order valence-electron chi connectivity index (χ1n) is 14.9. The number of aryl methyl sites for hydroxylation is 1. The third-order valence-electron chi connectivity index (χ3n) is 6.73. The second-order valence-electron chi connectivity index (χ2n) is 9.96. The fourth-order valence-electron chi connectivity index (χ4n) is 4.05. The first kappa shape index (κ1) is 35.5. The minimum atomic E-state index is -1.07. The van der Waals surface area contributed by atoms with Crippen molar-refractivity contribution in [2.24, 2.45) is 0 Å². The molecule has 0 bridgehead atoms. The molecule has 0 aliphatic carbocycles. The lowest BCUT2D eigenvalue weighted by molar-refractivity contribution is -0.137. The minimum Gasteiger partial charge on any atom is -0.480 e. The van der Waals surface area contributed by atoms with Crippen molar-refractivity contribution in [2.75, 3.05) is 48.3 Å². The number of carboxylic acids is 1. The maximum atomic E-state index is 12.2. The summed E-state index contributed by atoms with van der Waals surface area (Å²) >= 11 is 0. The topological polar surface area (TPSA) is 141 Å². The molecular weight excluding hydrogens is 562 g/mol. The number of nitrogens with zero attached hydrogens (tertiary/aromatic N) is 6. The molecule has 1 unspecified atom stereocenters. The number of pyridine rings is 1. The van der Waals surface area contributed by atoms with Gasteiger partial charge >= 0.3 is 12.1 Å². The number of carbonyl (C=O) groups excluding carboxylic acids is 2. The van der Waals surface area contributed by atoms with Gasteiger partial charge in [0.15, 0.2) is 5.82 Å². The van der Waals surface area contributed by atoms with Crippen molar-refractivity contribution in [1.29, 1.82) is 0 Å². The molecule has 1 atom stereocenters. The number of nitrogens with one attached hydrogen (secondary N) is 1. The van der Waals surface area contributed by atoms with E-state index in [0.29, 0.717) is 50.0 Å². The summed E-state index contributed by atoms with van der Waals surface area (Å²) in [7, 11) is 1.69. The molecule has 238 valence electrons. The van der Waals surface area contributed by atoms with Gasteiger partial charge in [0.25, 0.3) is 0 Å². The number of hydrogen-bond acceptors (Lipinski definition) is 9. The van der Waals surface area contributed by atoms with Crippen LogP contribution in [0.2, 0.25) is 0 Å². The molecule has 44 heavy (non-hydrogen) atoms. The van der Waals surface area contributed by atoms with E-state index in [1.807, 2.05) is 43.9 Å². The molecule has 0 aliphatic rings. The standard InChI is InChI=1S/C26H38N6O5.C6H7N/c1-6-10-15-30(5)26(36)37-20-13-11-19(12-14-20)16-21(24(34)35)28-23-22(32(9-4)18-33)17-27-25(29-23)31(7-2)8-3;1-6-4-2-3-5-7-6/h11-14,17-18,21H,6-10,15-16H2,1-5H3,(H,34,35)(H,27,28,29);2-5H,1H3. The lowest BCUT2D eigenvalue weighted by Crippen LogP contribution is -2.34. The van der Waals surface area contributed by atoms with Crippen molar-refractivity contribution in [2.45, 2.75) is 59.9 Å². The van der Waals surface area contributed by atoms with Crippen LogP contribution in [-0.4, -0.2) is 82.7 Å². The van der Waals surface area contributed by atoms with Crippen LogP contribution in [0.1, 0.15) is 51.8 Å². The van der Waals surface area contributed by atoms with Crippen LogP contribution in [0.5, 0.6) is 5.75 Å². The molecule has 0 radical (unpaired) electrons. The van der Waals surface area contributed by atoms with Gasteiger partial charge in [0.1, 0.15) is 17.5 Å². The van der Waals surface area contributed by atoms with Gasteiger partial charge in [0, 0.05) is 51.5 Å². The van der Waals surface area contributed by atoms with Crippen LogP contribution in [-0.2, 0) is 16.0 Å². The number of benzene rings is 1. The Labute approximate surface area is 260 Å². The number of anilines is 3. The fourth-order valence-corrected chi connectivity index (χ4v) is 4.05. The van der Waals surface area contributed by atoms with Gasteiger partial charge in [-0.1, -0.05) is 31.5 Å². The fraction of sp³-hybridized carbons (Fsp3) is 0.438. The summed E-state index contributed by atoms with van der Waals surface area (Å²) in [5.74, 6) is 0.0101. The van der Waals surface area contributed by atoms with Gasteiger partial charge in [-0.25, -0.2) is 14.6 Å². The molecule has 1 aromatic carbocycles. The zero-order valence-corrected chi connectivity index (χ0v) is 26.6. The number of aliphatic carboxylic acids is 1. The smallest absolute Gasteiger partial charge is 0.414 e. The molecule has 0 aliphatic heterocycles. The molecule has 3 rings (SSSR count). The van der Waals surface area contributed by atoms with E-state index >= 15 is 0 Å². The van der Waals surface area contributed by atoms with Gasteiger partial charge in [-0.15, -0.1) is 0 Å². The van der Waals surface area contributed by atoms with Gasteiger partial charge < -0.3 is 29.9 Å². The predicted molar refractivity (Wildman–Crippen MR) is 172 cm³/mol. The summed E-state index contributed by atoms with van der Waals surface area (Å²) in [4.78, 5) is 53.7. The van der Waals surface area contributed by atoms with Crippen LogP contribution >= 0.6 is 0 Å². The Morgan fingerprint density at radius 2 is 1.73 bits per heavy atom. The highest BCUT2D eigenvalue weighted by Gasteiger charge is 2.23. The number of carboxylic acid groups (broad SMARTS) is 1. The number of aromatic nitrogens is 3. The van der Waals surface area contributed by atoms with Gasteiger partial charge in [-0.05, 0) is 63.9 Å². The van der Waals surface area contributed by atoms with Gasteiger partial charge in [-0.3, -0.25) is 9.78 Å². The number of rotatable bonds is 15. The maximum absolute atomic E-state index is 12.2. The molecule has 0 saturated heterocycles. The van der Waals surface area contributed by atoms with Gasteiger partial charge in [-0.2, -0.15) is 4.98 Å². The molecular formula is C32H45N7O5. The second kappa shape index (κ2) is 18.7. The molecule has 3 aromatic rings. The van der Waals surface area contributed by atoms with E-state index in [2.05, 4.69) is 27.2 Å². The Kier molecular flexibility index (Phi) is 15.1. The van der Waals surface area contributed by atoms with Crippen molar-refractivity contribution in [3.05, 3.63) is 66.1 Å². The Bertz CT molecular complexity index is 1300. The number of hydrogen-bond donors (Lipinski definition) is 2. The summed E-state index contributed by atoms with van der Waals surface area (Å²) in [6.45, 7) is 12.1. The van der Waals surface area contributed by atoms with Crippen molar-refractivity contribution >= 4 is 35.9 Å². The first-order chi connectivity index (χ1) is 21.2. The Morgan fingerprint density at radius 3 is 2.23 bits per heavy atom. The second-order valence-corrected chi connectivity index (χ2v) is 9.96. The molecule has 2 heterocycles. The van der Waals surface area contributed by atoms with E-state index in [0.717, 1.165) is 24.1 Å². The summed E-state index contributed by atoms with van der Waals surface area (Å²) in [5.41, 5.74) is 2.19. The summed E-state index contributed by atoms with van der Waals surface area (Å²) in [6, 6.07) is 11.5. The molecule has 12 heteroatoms. The lowest BCUT2D eigenvalue weighted by atomic mass is 10.1. The van der Waals surface area contributed by atoms with E-state index < -0.39 is 18.1 Å². The average Bonchev–Trinajstić information content (AvgIpc) is 3.03. The third-order valence-corrected chi connectivity index (χ3v) is 6.73. The molecule has 0 spiro atoms. The predicted octanol–water partition coefficient (Wildman–Crippen LogP) is 5.03. The van der Waals surface area contributed by atoms with E-state index in [1.165, 1.54) is 16.0 Å². The van der Waals surface area contributed by atoms with Crippen molar-refractivity contribution in [3.8, 4) is 5.75 Å². The SMILES string of the molecule is CCCCN(C)C(=O)Oc1ccc(CC(Nc2nc(N(CC)CC)ncc2N(C=O)CC)C(=O)O)cc1.Cc1ccccn1. The highest BCUT2D eigenvalue weighted by atomic mass is 16.6. The van der Waals surface area contributed by atoms with E-state index in [-0.39, 0.29) is 12.2 Å². The number of amides is 2. The molecule has 2 N–H and O–H groups in total. The summed E-state index contributed by atoms with van der Waals surface area (Å²) in [5, 5.41) is 12.9. The normalized spacial score (nSPS) is 11.0. The summed E-state index contributed by atoms with van der Waals surface area (Å²) in [6.07, 6.45) is 5.54. The molecule has 0 fully saturated rings. The first-order valence-corrected chi connectivity index (χ1v) is 14.9. The van der Waals surface area contributed by atoms with Crippen LogP contribution in [0.15, 0.2) is 54.9 Å². The highest BCUT2D eigenvalue weighted by Crippen LogP contribution is 2.26. The average molecular weight is 608 g/mol. The van der Waals surface area contributed by atoms with Crippen LogP contribution < -0.4 is 19.9 Å². The number of ether oxygens (including phenoxy) is 1. The largest absolute Gasteiger partial charge is 0.480 e. The van der Waals surface area contributed by atoms with Crippen molar-refractivity contribution in [3.63, 3.8) is 0 Å². The number of unbranched alkanes of at least 4 members (excludes halogenated alkanes) is 1. The Hall–Kier alpha value is -4.74. The van der Waals surface area contributed by atoms with Crippen LogP contribution in [0.4, 0.5) is 22.2 Å². The molecule has 0 saturated carbocycles. The van der Waals surface area contributed by atoms with Crippen LogP contribution in [0.25, 0.3) is 0 Å². The van der Waals surface area contributed by atoms with Crippen molar-refractivity contribution in [1.82, 2.24) is 19.9 Å². The van der Waals surface area contributed by atoms with Crippen LogP contribution in [0, 0.1) is 6.92 Å². The van der Waals surface area contributed by atoms with Crippen molar-refractivity contribution < 1.29 is 24.2 Å². The number of carbonyl (C=O) groups is 3. The third kappa shape index (κ3) is 11.2. The minimum absolute atomic E-state index is 0.136. The maximum Gasteiger partial charge on any atom is 0.414 e. The molecule has 2 amide bonds. The zero-order chi connectivity index (χ0) is 32.5.